The Balaban J connectivity index is 1.92. The molecule has 0 spiro atoms. The van der Waals surface area contributed by atoms with Crippen molar-refractivity contribution in [1.29, 1.82) is 0 Å². The van der Waals surface area contributed by atoms with Gasteiger partial charge in [-0.3, -0.25) is 14.4 Å². The maximum atomic E-state index is 12.9. The third-order valence-electron chi connectivity index (χ3n) is 5.41. The van der Waals surface area contributed by atoms with E-state index in [1.165, 1.54) is 12.1 Å². The van der Waals surface area contributed by atoms with Gasteiger partial charge in [0.1, 0.15) is 17.8 Å². The molecular formula is C26H34N4O6. The molecule has 0 saturated heterocycles. The highest BCUT2D eigenvalue weighted by Gasteiger charge is 2.27. The summed E-state index contributed by atoms with van der Waals surface area (Å²) < 4.78 is 0. The summed E-state index contributed by atoms with van der Waals surface area (Å²) >= 11 is 0. The highest BCUT2D eigenvalue weighted by atomic mass is 16.4. The first-order chi connectivity index (χ1) is 17.0. The number of aliphatic carboxylic acids is 1. The van der Waals surface area contributed by atoms with Gasteiger partial charge < -0.3 is 31.9 Å². The number of carboxylic acids is 1. The highest BCUT2D eigenvalue weighted by molar-refractivity contribution is 5.92. The average Bonchev–Trinajstić information content (AvgIpc) is 2.83. The maximum Gasteiger partial charge on any atom is 0.326 e. The summed E-state index contributed by atoms with van der Waals surface area (Å²) in [7, 11) is 0. The SMILES string of the molecule is CC(C)CC(NC(=O)CNC(=O)C(N)Cc1ccc(O)cc1)C(=O)NC(Cc1ccccc1)C(=O)O. The highest BCUT2D eigenvalue weighted by Crippen LogP contribution is 2.11. The van der Waals surface area contributed by atoms with Crippen LogP contribution in [-0.2, 0) is 32.0 Å². The molecule has 0 saturated carbocycles. The number of benzene rings is 2. The van der Waals surface area contributed by atoms with E-state index >= 15 is 0 Å². The van der Waals surface area contributed by atoms with Crippen LogP contribution in [0.3, 0.4) is 0 Å². The Labute approximate surface area is 210 Å². The number of hydrogen-bond donors (Lipinski definition) is 6. The summed E-state index contributed by atoms with van der Waals surface area (Å²) in [4.78, 5) is 49.4. The molecule has 3 amide bonds. The molecule has 2 rings (SSSR count). The molecule has 7 N–H and O–H groups in total. The molecule has 2 aromatic carbocycles. The zero-order chi connectivity index (χ0) is 26.7. The van der Waals surface area contributed by atoms with Gasteiger partial charge in [0, 0.05) is 6.42 Å². The number of carbonyl (C=O) groups excluding carboxylic acids is 3. The second-order valence-corrected chi connectivity index (χ2v) is 9.03. The van der Waals surface area contributed by atoms with Crippen LogP contribution in [0.5, 0.6) is 5.75 Å². The number of aromatic hydroxyl groups is 1. The fourth-order valence-corrected chi connectivity index (χ4v) is 3.55. The Morgan fingerprint density at radius 2 is 1.44 bits per heavy atom. The molecule has 0 heterocycles. The van der Waals surface area contributed by atoms with E-state index in [1.54, 1.807) is 36.4 Å². The molecule has 0 aliphatic carbocycles. The number of phenolic OH excluding ortho intramolecular Hbond substituents is 1. The lowest BCUT2D eigenvalue weighted by molar-refractivity contribution is -0.142. The molecular weight excluding hydrogens is 464 g/mol. The van der Waals surface area contributed by atoms with Crippen molar-refractivity contribution in [2.75, 3.05) is 6.54 Å². The number of nitrogens with two attached hydrogens (primary N) is 1. The van der Waals surface area contributed by atoms with Crippen molar-refractivity contribution in [2.45, 2.75) is 51.2 Å². The van der Waals surface area contributed by atoms with E-state index in [9.17, 15) is 29.4 Å². The molecule has 0 aromatic heterocycles. The zero-order valence-electron chi connectivity index (χ0n) is 20.4. The van der Waals surface area contributed by atoms with E-state index in [0.29, 0.717) is 0 Å². The van der Waals surface area contributed by atoms with E-state index in [-0.39, 0.29) is 30.9 Å². The molecule has 0 fully saturated rings. The van der Waals surface area contributed by atoms with Crippen LogP contribution in [-0.4, -0.2) is 58.6 Å². The predicted molar refractivity (Wildman–Crippen MR) is 134 cm³/mol. The summed E-state index contributed by atoms with van der Waals surface area (Å²) in [5, 5.41) is 26.5. The van der Waals surface area contributed by atoms with E-state index in [1.807, 2.05) is 19.9 Å². The van der Waals surface area contributed by atoms with Crippen LogP contribution in [0, 0.1) is 5.92 Å². The lowest BCUT2D eigenvalue weighted by atomic mass is 10.0. The fourth-order valence-electron chi connectivity index (χ4n) is 3.55. The van der Waals surface area contributed by atoms with Crippen LogP contribution in [0.25, 0.3) is 0 Å². The molecule has 3 unspecified atom stereocenters. The molecule has 10 nitrogen and oxygen atoms in total. The Kier molecular flexibility index (Phi) is 10.9. The number of phenols is 1. The van der Waals surface area contributed by atoms with Crippen molar-refractivity contribution in [1.82, 2.24) is 16.0 Å². The predicted octanol–water partition coefficient (Wildman–Crippen LogP) is 0.721. The molecule has 194 valence electrons. The van der Waals surface area contributed by atoms with Gasteiger partial charge in [-0.05, 0) is 42.0 Å². The second-order valence-electron chi connectivity index (χ2n) is 9.03. The molecule has 0 radical (unpaired) electrons. The minimum Gasteiger partial charge on any atom is -0.508 e. The molecule has 2 aromatic rings. The van der Waals surface area contributed by atoms with E-state index in [2.05, 4.69) is 16.0 Å². The van der Waals surface area contributed by atoms with Gasteiger partial charge >= 0.3 is 5.97 Å². The first-order valence-corrected chi connectivity index (χ1v) is 11.7. The van der Waals surface area contributed by atoms with Gasteiger partial charge in [-0.15, -0.1) is 0 Å². The lowest BCUT2D eigenvalue weighted by Crippen LogP contribution is -2.54. The summed E-state index contributed by atoms with van der Waals surface area (Å²) in [5.41, 5.74) is 7.41. The smallest absolute Gasteiger partial charge is 0.326 e. The third-order valence-corrected chi connectivity index (χ3v) is 5.41. The number of amides is 3. The molecule has 36 heavy (non-hydrogen) atoms. The number of nitrogens with one attached hydrogen (secondary N) is 3. The van der Waals surface area contributed by atoms with Crippen LogP contribution in [0.1, 0.15) is 31.4 Å². The zero-order valence-corrected chi connectivity index (χ0v) is 20.4. The molecule has 0 bridgehead atoms. The Bertz CT molecular complexity index is 1030. The quantitative estimate of drug-likeness (QED) is 0.236. The topological polar surface area (TPSA) is 171 Å². The number of rotatable bonds is 13. The van der Waals surface area contributed by atoms with Gasteiger partial charge in [0.2, 0.25) is 17.7 Å². The Morgan fingerprint density at radius 3 is 2.03 bits per heavy atom. The van der Waals surface area contributed by atoms with Crippen molar-refractivity contribution in [3.63, 3.8) is 0 Å². The number of hydrogen-bond acceptors (Lipinski definition) is 6. The van der Waals surface area contributed by atoms with Gasteiger partial charge in [0.05, 0.1) is 12.6 Å². The van der Waals surface area contributed by atoms with Gasteiger partial charge in [-0.2, -0.15) is 0 Å². The number of carboxylic acid groups (broad SMARTS) is 1. The minimum absolute atomic E-state index is 0.0340. The van der Waals surface area contributed by atoms with Crippen LogP contribution in [0.2, 0.25) is 0 Å². The van der Waals surface area contributed by atoms with E-state index in [0.717, 1.165) is 11.1 Å². The number of carbonyl (C=O) groups is 4. The summed E-state index contributed by atoms with van der Waals surface area (Å²) in [5.74, 6) is -2.81. The Morgan fingerprint density at radius 1 is 0.833 bits per heavy atom. The second kappa shape index (κ2) is 13.8. The fraction of sp³-hybridized carbons (Fsp3) is 0.385. The van der Waals surface area contributed by atoms with Gasteiger partial charge in [-0.25, -0.2) is 4.79 Å². The Hall–Kier alpha value is -3.92. The maximum absolute atomic E-state index is 12.9. The normalized spacial score (nSPS) is 13.3. The lowest BCUT2D eigenvalue weighted by Gasteiger charge is -2.23. The summed E-state index contributed by atoms with van der Waals surface area (Å²) in [6.45, 7) is 3.35. The van der Waals surface area contributed by atoms with Gasteiger partial charge in [0.25, 0.3) is 0 Å². The van der Waals surface area contributed by atoms with Crippen molar-refractivity contribution in [3.05, 3.63) is 65.7 Å². The van der Waals surface area contributed by atoms with Gasteiger partial charge in [0.15, 0.2) is 0 Å². The van der Waals surface area contributed by atoms with Crippen LogP contribution < -0.4 is 21.7 Å². The van der Waals surface area contributed by atoms with E-state index in [4.69, 9.17) is 5.73 Å². The third kappa shape index (κ3) is 9.75. The summed E-state index contributed by atoms with van der Waals surface area (Å²) in [6.07, 6.45) is 0.590. The standard InChI is InChI=1S/C26H34N4O6/c1-16(2)12-21(25(34)30-22(26(35)36)14-17-6-4-3-5-7-17)29-23(32)15-28-24(33)20(27)13-18-8-10-19(31)11-9-18/h3-11,16,20-22,31H,12-15,27H2,1-2H3,(H,28,33)(H,29,32)(H,30,34)(H,35,36). The monoisotopic (exact) mass is 498 g/mol. The van der Waals surface area contributed by atoms with Gasteiger partial charge in [-0.1, -0.05) is 56.3 Å². The molecule has 0 aliphatic heterocycles. The van der Waals surface area contributed by atoms with Crippen molar-refractivity contribution in [3.8, 4) is 5.75 Å². The van der Waals surface area contributed by atoms with Crippen molar-refractivity contribution >= 4 is 23.7 Å². The van der Waals surface area contributed by atoms with E-state index < -0.39 is 48.4 Å². The molecule has 3 atom stereocenters. The molecule has 0 aliphatic rings. The van der Waals surface area contributed by atoms with Crippen molar-refractivity contribution < 1.29 is 29.4 Å². The average molecular weight is 499 g/mol. The van der Waals surface area contributed by atoms with Crippen molar-refractivity contribution in [2.24, 2.45) is 11.7 Å². The van der Waals surface area contributed by atoms with Crippen LogP contribution >= 0.6 is 0 Å². The summed E-state index contributed by atoms with van der Waals surface area (Å²) in [6, 6.07) is 12.1. The molecule has 10 heteroatoms. The van der Waals surface area contributed by atoms with Crippen LogP contribution in [0.15, 0.2) is 54.6 Å². The minimum atomic E-state index is -1.18. The largest absolute Gasteiger partial charge is 0.508 e. The van der Waals surface area contributed by atoms with Crippen LogP contribution in [0.4, 0.5) is 0 Å². The first kappa shape index (κ1) is 28.3. The first-order valence-electron chi connectivity index (χ1n) is 11.7.